The summed E-state index contributed by atoms with van der Waals surface area (Å²) < 4.78 is 106. The molecule has 4 aromatic rings. The normalized spacial score (nSPS) is 12.3. The number of halogens is 9. The minimum absolute atomic E-state index is 0.125. The SMILES string of the molecule is Fc1cc(C(I)c2ccc(-c3ccc(C(F)(F)F)cc3)c(F)c2)ccc1-c1ccc(C(F)(F)F)cc1. The van der Waals surface area contributed by atoms with E-state index < -0.39 is 39.0 Å². The molecule has 0 unspecified atom stereocenters. The molecule has 0 N–H and O–H groups in total. The smallest absolute Gasteiger partial charge is 0.206 e. The third-order valence-electron chi connectivity index (χ3n) is 5.62. The fourth-order valence-electron chi connectivity index (χ4n) is 3.72. The number of benzene rings is 4. The van der Waals surface area contributed by atoms with E-state index in [0.717, 1.165) is 24.3 Å². The van der Waals surface area contributed by atoms with Gasteiger partial charge in [-0.05, 0) is 58.7 Å². The lowest BCUT2D eigenvalue weighted by molar-refractivity contribution is -0.138. The fourth-order valence-corrected chi connectivity index (χ4v) is 4.49. The Hall–Kier alpha value is -2.95. The standard InChI is InChI=1S/C27H15F8I/c28-23-13-17(5-11-21(23)15-1-7-19(8-2-15)26(30,31)32)25(36)18-6-12-22(24(29)14-18)16-3-9-20(10-4-16)27(33,34)35/h1-14,25H. The molecule has 4 aromatic carbocycles. The molecular weight excluding hydrogens is 603 g/mol. The van der Waals surface area contributed by atoms with Crippen molar-refractivity contribution in [2.75, 3.05) is 0 Å². The van der Waals surface area contributed by atoms with Gasteiger partial charge in [0.1, 0.15) is 11.6 Å². The molecule has 0 nitrogen and oxygen atoms in total. The van der Waals surface area contributed by atoms with Crippen LogP contribution in [0.2, 0.25) is 0 Å². The molecular formula is C27H15F8I. The highest BCUT2D eigenvalue weighted by Gasteiger charge is 2.31. The van der Waals surface area contributed by atoms with Gasteiger partial charge in [0.2, 0.25) is 0 Å². The van der Waals surface area contributed by atoms with Crippen LogP contribution in [0.5, 0.6) is 0 Å². The van der Waals surface area contributed by atoms with Gasteiger partial charge in [-0.2, -0.15) is 26.3 Å². The van der Waals surface area contributed by atoms with Crippen molar-refractivity contribution in [3.63, 3.8) is 0 Å². The third-order valence-corrected chi connectivity index (χ3v) is 7.06. The summed E-state index contributed by atoms with van der Waals surface area (Å²) in [7, 11) is 0. The van der Waals surface area contributed by atoms with Crippen LogP contribution in [0.3, 0.4) is 0 Å². The Balaban J connectivity index is 1.57. The molecule has 0 aliphatic rings. The molecule has 0 heterocycles. The molecule has 0 amide bonds. The van der Waals surface area contributed by atoms with Crippen LogP contribution in [0.1, 0.15) is 26.2 Å². The largest absolute Gasteiger partial charge is 0.416 e. The maximum atomic E-state index is 14.8. The molecule has 0 aliphatic carbocycles. The van der Waals surface area contributed by atoms with E-state index >= 15 is 0 Å². The second-order valence-electron chi connectivity index (χ2n) is 7.99. The minimum Gasteiger partial charge on any atom is -0.206 e. The number of alkyl halides is 7. The van der Waals surface area contributed by atoms with E-state index in [0.29, 0.717) is 11.1 Å². The van der Waals surface area contributed by atoms with Crippen molar-refractivity contribution in [1.29, 1.82) is 0 Å². The van der Waals surface area contributed by atoms with Gasteiger partial charge in [-0.3, -0.25) is 0 Å². The van der Waals surface area contributed by atoms with Gasteiger partial charge < -0.3 is 0 Å². The summed E-state index contributed by atoms with van der Waals surface area (Å²) in [5, 5.41) is 0. The first-order valence-corrected chi connectivity index (χ1v) is 11.7. The van der Waals surface area contributed by atoms with Crippen LogP contribution in [0.15, 0.2) is 84.9 Å². The van der Waals surface area contributed by atoms with Gasteiger partial charge in [0.25, 0.3) is 0 Å². The van der Waals surface area contributed by atoms with Gasteiger partial charge >= 0.3 is 12.4 Å². The van der Waals surface area contributed by atoms with E-state index in [9.17, 15) is 35.1 Å². The molecule has 4 rings (SSSR count). The molecule has 0 bridgehead atoms. The summed E-state index contributed by atoms with van der Waals surface area (Å²) in [4.78, 5) is 0. The lowest BCUT2D eigenvalue weighted by atomic mass is 9.97. The van der Waals surface area contributed by atoms with Crippen LogP contribution in [0.25, 0.3) is 22.3 Å². The Labute approximate surface area is 214 Å². The summed E-state index contributed by atoms with van der Waals surface area (Å²) in [5.41, 5.74) is 0.151. The first-order valence-electron chi connectivity index (χ1n) is 10.4. The summed E-state index contributed by atoms with van der Waals surface area (Å²) in [5.74, 6) is -1.29. The average molecular weight is 618 g/mol. The average Bonchev–Trinajstić information content (AvgIpc) is 2.82. The zero-order valence-electron chi connectivity index (χ0n) is 18.1. The molecule has 36 heavy (non-hydrogen) atoms. The lowest BCUT2D eigenvalue weighted by Crippen LogP contribution is -2.04. The first kappa shape index (κ1) is 26.1. The highest BCUT2D eigenvalue weighted by molar-refractivity contribution is 14.1. The Kier molecular flexibility index (Phi) is 7.14. The molecule has 9 heteroatoms. The Bertz CT molecular complexity index is 1260. The summed E-state index contributed by atoms with van der Waals surface area (Å²) in [6.45, 7) is 0. The van der Waals surface area contributed by atoms with E-state index in [1.807, 2.05) is 22.6 Å². The van der Waals surface area contributed by atoms with Crippen molar-refractivity contribution in [2.24, 2.45) is 0 Å². The highest BCUT2D eigenvalue weighted by Crippen LogP contribution is 2.37. The third kappa shape index (κ3) is 5.55. The van der Waals surface area contributed by atoms with Crippen molar-refractivity contribution in [3.8, 4) is 22.3 Å². The Morgan fingerprint density at radius 3 is 1.11 bits per heavy atom. The van der Waals surface area contributed by atoms with Crippen molar-refractivity contribution >= 4 is 22.6 Å². The Morgan fingerprint density at radius 1 is 0.500 bits per heavy atom. The van der Waals surface area contributed by atoms with Crippen molar-refractivity contribution in [3.05, 3.63) is 119 Å². The van der Waals surface area contributed by atoms with E-state index in [1.54, 1.807) is 12.1 Å². The predicted molar refractivity (Wildman–Crippen MR) is 130 cm³/mol. The monoisotopic (exact) mass is 618 g/mol. The van der Waals surface area contributed by atoms with E-state index in [1.165, 1.54) is 48.5 Å². The number of rotatable bonds is 4. The van der Waals surface area contributed by atoms with Crippen LogP contribution < -0.4 is 0 Å². The molecule has 186 valence electrons. The highest BCUT2D eigenvalue weighted by atomic mass is 127. The van der Waals surface area contributed by atoms with Gasteiger partial charge in [0.05, 0.1) is 15.1 Å². The van der Waals surface area contributed by atoms with Crippen LogP contribution in [-0.4, -0.2) is 0 Å². The molecule has 0 aliphatic heterocycles. The fraction of sp³-hybridized carbons (Fsp3) is 0.111. The van der Waals surface area contributed by atoms with E-state index in [2.05, 4.69) is 0 Å². The van der Waals surface area contributed by atoms with E-state index in [4.69, 9.17) is 0 Å². The van der Waals surface area contributed by atoms with Crippen LogP contribution in [0, 0.1) is 11.6 Å². The maximum Gasteiger partial charge on any atom is 0.416 e. The van der Waals surface area contributed by atoms with Crippen molar-refractivity contribution in [2.45, 2.75) is 16.3 Å². The van der Waals surface area contributed by atoms with Gasteiger partial charge in [0, 0.05) is 11.1 Å². The zero-order chi connectivity index (χ0) is 26.3. The second-order valence-corrected chi connectivity index (χ2v) is 9.24. The molecule has 0 spiro atoms. The van der Waals surface area contributed by atoms with E-state index in [-0.39, 0.29) is 22.3 Å². The quantitative estimate of drug-likeness (QED) is 0.121. The second kappa shape index (κ2) is 9.84. The summed E-state index contributed by atoms with van der Waals surface area (Å²) >= 11 is 2.00. The van der Waals surface area contributed by atoms with Crippen LogP contribution in [0.4, 0.5) is 35.1 Å². The molecule has 0 radical (unpaired) electrons. The van der Waals surface area contributed by atoms with Crippen molar-refractivity contribution < 1.29 is 35.1 Å². The molecule has 0 aromatic heterocycles. The minimum atomic E-state index is -4.49. The lowest BCUT2D eigenvalue weighted by Gasteiger charge is -2.15. The number of hydrogen-bond acceptors (Lipinski definition) is 0. The van der Waals surface area contributed by atoms with Crippen LogP contribution in [-0.2, 0) is 12.4 Å². The first-order chi connectivity index (χ1) is 16.8. The molecule has 0 atom stereocenters. The summed E-state index contributed by atoms with van der Waals surface area (Å²) in [6, 6.07) is 16.9. The van der Waals surface area contributed by atoms with Crippen molar-refractivity contribution in [1.82, 2.24) is 0 Å². The van der Waals surface area contributed by atoms with Gasteiger partial charge in [-0.15, -0.1) is 0 Å². The molecule has 0 saturated carbocycles. The molecule has 0 saturated heterocycles. The zero-order valence-corrected chi connectivity index (χ0v) is 20.2. The molecule has 0 fully saturated rings. The predicted octanol–water partition coefficient (Wildman–Crippen LogP) is 9.86. The van der Waals surface area contributed by atoms with Gasteiger partial charge in [0.15, 0.2) is 0 Å². The van der Waals surface area contributed by atoms with Gasteiger partial charge in [-0.25, -0.2) is 8.78 Å². The maximum absolute atomic E-state index is 14.8. The topological polar surface area (TPSA) is 0 Å². The summed E-state index contributed by atoms with van der Waals surface area (Å²) in [6.07, 6.45) is -8.99. The van der Waals surface area contributed by atoms with Gasteiger partial charge in [-0.1, -0.05) is 71.1 Å². The number of hydrogen-bond donors (Lipinski definition) is 0. The Morgan fingerprint density at radius 2 is 0.833 bits per heavy atom. The van der Waals surface area contributed by atoms with Crippen LogP contribution >= 0.6 is 22.6 Å².